The Morgan fingerprint density at radius 3 is 2.73 bits per heavy atom. The van der Waals surface area contributed by atoms with E-state index in [2.05, 4.69) is 11.3 Å². The lowest BCUT2D eigenvalue weighted by molar-refractivity contribution is -0.137. The molecule has 0 aromatic heterocycles. The maximum atomic E-state index is 10.4. The molecule has 0 rings (SSSR count). The fraction of sp³-hybridized carbons (Fsp3) is 0.500. The highest BCUT2D eigenvalue weighted by atomic mass is 16.5. The predicted molar refractivity (Wildman–Crippen MR) is 40.8 cm³/mol. The van der Waals surface area contributed by atoms with Crippen LogP contribution < -0.4 is 0 Å². The van der Waals surface area contributed by atoms with Crippen LogP contribution in [0.1, 0.15) is 6.42 Å². The van der Waals surface area contributed by atoms with E-state index in [0.717, 1.165) is 6.08 Å². The van der Waals surface area contributed by atoms with Crippen LogP contribution in [0.25, 0.3) is 0 Å². The summed E-state index contributed by atoms with van der Waals surface area (Å²) in [7, 11) is -1.32. The molecule has 4 nitrogen and oxygen atoms in total. The minimum Gasteiger partial charge on any atom is -0.463 e. The van der Waals surface area contributed by atoms with Crippen LogP contribution in [0.5, 0.6) is 0 Å². The maximum absolute atomic E-state index is 10.4. The summed E-state index contributed by atoms with van der Waals surface area (Å²) in [6.07, 6.45) is 1.72. The molecule has 11 heavy (non-hydrogen) atoms. The quantitative estimate of drug-likeness (QED) is 0.247. The average molecular weight is 158 g/mol. The number of ether oxygens (including phenoxy) is 1. The van der Waals surface area contributed by atoms with Crippen LogP contribution in [-0.2, 0) is 9.53 Å². The minimum atomic E-state index is -1.32. The molecule has 62 valence electrons. The highest BCUT2D eigenvalue weighted by Gasteiger charge is 2.05. The Labute approximate surface area is 65.6 Å². The molecular weight excluding hydrogens is 147 g/mol. The van der Waals surface area contributed by atoms with E-state index in [9.17, 15) is 4.79 Å². The Morgan fingerprint density at radius 2 is 2.27 bits per heavy atom. The van der Waals surface area contributed by atoms with Gasteiger partial charge in [0.15, 0.2) is 0 Å². The van der Waals surface area contributed by atoms with Crippen LogP contribution in [-0.4, -0.2) is 29.7 Å². The third kappa shape index (κ3) is 7.09. The van der Waals surface area contributed by atoms with Crippen molar-refractivity contribution in [2.45, 2.75) is 12.7 Å². The Bertz CT molecular complexity index is 135. The van der Waals surface area contributed by atoms with Crippen LogP contribution in [0.2, 0.25) is 6.32 Å². The number of esters is 1. The molecule has 0 aromatic rings. The zero-order valence-corrected chi connectivity index (χ0v) is 6.19. The van der Waals surface area contributed by atoms with Crippen molar-refractivity contribution < 1.29 is 19.6 Å². The summed E-state index contributed by atoms with van der Waals surface area (Å²) in [6, 6.07) is 0. The first-order chi connectivity index (χ1) is 5.16. The first-order valence-corrected chi connectivity index (χ1v) is 3.32. The molecule has 0 radical (unpaired) electrons. The zero-order valence-electron chi connectivity index (χ0n) is 6.19. The lowest BCUT2D eigenvalue weighted by Gasteiger charge is -2.00. The summed E-state index contributed by atoms with van der Waals surface area (Å²) in [6.45, 7) is 3.40. The summed E-state index contributed by atoms with van der Waals surface area (Å²) in [4.78, 5) is 10.4. The van der Waals surface area contributed by atoms with E-state index < -0.39 is 13.1 Å². The Hall–Kier alpha value is -0.805. The van der Waals surface area contributed by atoms with Crippen molar-refractivity contribution in [2.75, 3.05) is 6.61 Å². The van der Waals surface area contributed by atoms with E-state index in [1.165, 1.54) is 0 Å². The topological polar surface area (TPSA) is 66.8 Å². The van der Waals surface area contributed by atoms with Gasteiger partial charge in [-0.25, -0.2) is 4.79 Å². The van der Waals surface area contributed by atoms with Gasteiger partial charge in [0.05, 0.1) is 6.61 Å². The molecule has 0 atom stereocenters. The molecule has 0 saturated carbocycles. The Balaban J connectivity index is 3.14. The smallest absolute Gasteiger partial charge is 0.451 e. The molecule has 0 saturated heterocycles. The minimum absolute atomic E-state index is 0.197. The Kier molecular flexibility index (Phi) is 5.51. The zero-order chi connectivity index (χ0) is 8.69. The van der Waals surface area contributed by atoms with Crippen LogP contribution >= 0.6 is 0 Å². The first-order valence-electron chi connectivity index (χ1n) is 3.32. The molecule has 0 aromatic carbocycles. The lowest BCUT2D eigenvalue weighted by atomic mass is 9.85. The molecule has 0 amide bonds. The molecule has 0 aliphatic rings. The van der Waals surface area contributed by atoms with Gasteiger partial charge < -0.3 is 14.8 Å². The van der Waals surface area contributed by atoms with E-state index in [4.69, 9.17) is 10.0 Å². The van der Waals surface area contributed by atoms with Gasteiger partial charge in [-0.3, -0.25) is 0 Å². The summed E-state index contributed by atoms with van der Waals surface area (Å²) >= 11 is 0. The van der Waals surface area contributed by atoms with Crippen molar-refractivity contribution in [1.82, 2.24) is 0 Å². The van der Waals surface area contributed by atoms with Gasteiger partial charge in [0.25, 0.3) is 0 Å². The van der Waals surface area contributed by atoms with Crippen LogP contribution in [0, 0.1) is 0 Å². The number of hydrogen-bond acceptors (Lipinski definition) is 4. The van der Waals surface area contributed by atoms with Gasteiger partial charge in [-0.15, -0.1) is 0 Å². The van der Waals surface area contributed by atoms with Gasteiger partial charge >= 0.3 is 13.1 Å². The first kappa shape index (κ1) is 10.2. The van der Waals surface area contributed by atoms with E-state index in [1.54, 1.807) is 0 Å². The van der Waals surface area contributed by atoms with Gasteiger partial charge in [-0.05, 0) is 12.7 Å². The third-order valence-corrected chi connectivity index (χ3v) is 1.02. The summed E-state index contributed by atoms with van der Waals surface area (Å²) < 4.78 is 4.56. The standard InChI is InChI=1S/C6H11BO4/c1-2-6(8)11-5-3-4-7(9)10/h2,9-10H,1,3-5H2. The molecule has 0 spiro atoms. The second kappa shape index (κ2) is 5.94. The third-order valence-electron chi connectivity index (χ3n) is 1.02. The SMILES string of the molecule is C=CC(=O)OCCCB(O)O. The molecule has 0 bridgehead atoms. The highest BCUT2D eigenvalue weighted by Crippen LogP contribution is 1.93. The van der Waals surface area contributed by atoms with Crippen molar-refractivity contribution >= 4 is 13.1 Å². The number of hydrogen-bond donors (Lipinski definition) is 2. The molecule has 0 aliphatic heterocycles. The fourth-order valence-electron chi connectivity index (χ4n) is 0.498. The molecule has 0 aliphatic carbocycles. The van der Waals surface area contributed by atoms with E-state index >= 15 is 0 Å². The van der Waals surface area contributed by atoms with E-state index in [-0.39, 0.29) is 12.9 Å². The second-order valence-corrected chi connectivity index (χ2v) is 1.99. The number of rotatable bonds is 5. The van der Waals surface area contributed by atoms with E-state index in [1.807, 2.05) is 0 Å². The Morgan fingerprint density at radius 1 is 1.64 bits per heavy atom. The van der Waals surface area contributed by atoms with E-state index in [0.29, 0.717) is 6.42 Å². The van der Waals surface area contributed by atoms with Crippen LogP contribution in [0.3, 0.4) is 0 Å². The monoisotopic (exact) mass is 158 g/mol. The van der Waals surface area contributed by atoms with Gasteiger partial charge in [-0.1, -0.05) is 6.58 Å². The van der Waals surface area contributed by atoms with Gasteiger partial charge in [-0.2, -0.15) is 0 Å². The van der Waals surface area contributed by atoms with Gasteiger partial charge in [0.2, 0.25) is 0 Å². The number of carbonyl (C=O) groups is 1. The average Bonchev–Trinajstić information content (AvgIpc) is 1.97. The molecule has 5 heteroatoms. The highest BCUT2D eigenvalue weighted by molar-refractivity contribution is 6.40. The predicted octanol–water partition coefficient (Wildman–Crippen LogP) is -0.422. The molecule has 2 N–H and O–H groups in total. The summed E-state index contributed by atoms with van der Waals surface area (Å²) in [5.74, 6) is -0.488. The van der Waals surface area contributed by atoms with Crippen LogP contribution in [0.4, 0.5) is 0 Å². The fourth-order valence-corrected chi connectivity index (χ4v) is 0.498. The normalized spacial score (nSPS) is 8.91. The van der Waals surface area contributed by atoms with Crippen molar-refractivity contribution in [3.05, 3.63) is 12.7 Å². The van der Waals surface area contributed by atoms with Crippen molar-refractivity contribution in [2.24, 2.45) is 0 Å². The van der Waals surface area contributed by atoms with Gasteiger partial charge in [0, 0.05) is 6.08 Å². The van der Waals surface area contributed by atoms with Crippen LogP contribution in [0.15, 0.2) is 12.7 Å². The van der Waals surface area contributed by atoms with Crippen molar-refractivity contribution in [1.29, 1.82) is 0 Å². The second-order valence-electron chi connectivity index (χ2n) is 1.99. The lowest BCUT2D eigenvalue weighted by Crippen LogP contribution is -2.12. The largest absolute Gasteiger partial charge is 0.463 e. The van der Waals surface area contributed by atoms with Crippen molar-refractivity contribution in [3.63, 3.8) is 0 Å². The maximum Gasteiger partial charge on any atom is 0.451 e. The molecule has 0 fully saturated rings. The number of carbonyl (C=O) groups excluding carboxylic acids is 1. The molecule has 0 heterocycles. The summed E-state index contributed by atoms with van der Waals surface area (Å²) in [5, 5.41) is 16.7. The molecule has 0 unspecified atom stereocenters. The van der Waals surface area contributed by atoms with Crippen molar-refractivity contribution in [3.8, 4) is 0 Å². The molecular formula is C6H11BO4. The van der Waals surface area contributed by atoms with Gasteiger partial charge in [0.1, 0.15) is 0 Å². The summed E-state index contributed by atoms with van der Waals surface area (Å²) in [5.41, 5.74) is 0.